The van der Waals surface area contributed by atoms with Gasteiger partial charge in [0.2, 0.25) is 5.88 Å². The molecule has 4 rings (SSSR count). The summed E-state index contributed by atoms with van der Waals surface area (Å²) in [7, 11) is 1.61. The van der Waals surface area contributed by atoms with Crippen LogP contribution < -0.4 is 19.7 Å². The second-order valence-electron chi connectivity index (χ2n) is 7.90. The third-order valence-corrected chi connectivity index (χ3v) is 5.79. The minimum absolute atomic E-state index is 0.0115. The lowest BCUT2D eigenvalue weighted by atomic mass is 10.2. The molecule has 1 aliphatic heterocycles. The summed E-state index contributed by atoms with van der Waals surface area (Å²) in [5.41, 5.74) is 1.77. The second kappa shape index (κ2) is 9.95. The topological polar surface area (TPSA) is 79.8 Å². The molecule has 0 spiro atoms. The van der Waals surface area contributed by atoms with Crippen molar-refractivity contribution < 1.29 is 14.3 Å². The zero-order valence-electron chi connectivity index (χ0n) is 18.8. The Balaban J connectivity index is 1.39. The molecule has 8 nitrogen and oxygen atoms in total. The number of piperazine rings is 1. The molecule has 2 aromatic carbocycles. The molecule has 33 heavy (non-hydrogen) atoms. The predicted molar refractivity (Wildman–Crippen MR) is 129 cm³/mol. The molecule has 9 heteroatoms. The molecule has 2 amide bonds. The smallest absolute Gasteiger partial charge is 0.322 e. The maximum atomic E-state index is 12.8. The van der Waals surface area contributed by atoms with E-state index in [0.29, 0.717) is 36.3 Å². The van der Waals surface area contributed by atoms with Gasteiger partial charge in [-0.15, -0.1) is 0 Å². The first kappa shape index (κ1) is 22.7. The van der Waals surface area contributed by atoms with E-state index in [2.05, 4.69) is 20.2 Å². The third kappa shape index (κ3) is 5.46. The molecule has 1 aromatic heterocycles. The van der Waals surface area contributed by atoms with Crippen LogP contribution in [0.5, 0.6) is 17.4 Å². The zero-order chi connectivity index (χ0) is 23.4. The predicted octanol–water partition coefficient (Wildman–Crippen LogP) is 4.98. The van der Waals surface area contributed by atoms with Crippen LogP contribution in [0.25, 0.3) is 0 Å². The molecule has 0 saturated carbocycles. The van der Waals surface area contributed by atoms with Gasteiger partial charge in [-0.1, -0.05) is 17.7 Å². The van der Waals surface area contributed by atoms with Gasteiger partial charge in [0.15, 0.2) is 0 Å². The fourth-order valence-corrected chi connectivity index (χ4v) is 3.85. The number of methoxy groups -OCH3 is 1. The van der Waals surface area contributed by atoms with Crippen molar-refractivity contribution in [2.24, 2.45) is 0 Å². The van der Waals surface area contributed by atoms with Crippen LogP contribution in [-0.2, 0) is 0 Å². The number of carbonyl (C=O) groups excluding carboxylic acids is 1. The molecule has 2 heterocycles. The monoisotopic (exact) mass is 467 g/mol. The minimum Gasteiger partial charge on any atom is -0.497 e. The van der Waals surface area contributed by atoms with Crippen LogP contribution in [0.1, 0.15) is 12.5 Å². The number of aromatic nitrogens is 2. The fraction of sp³-hybridized carbons (Fsp3) is 0.292. The summed E-state index contributed by atoms with van der Waals surface area (Å²) in [6.45, 7) is 5.83. The van der Waals surface area contributed by atoms with Crippen molar-refractivity contribution in [3.05, 3.63) is 65.4 Å². The van der Waals surface area contributed by atoms with E-state index in [1.54, 1.807) is 19.2 Å². The van der Waals surface area contributed by atoms with Gasteiger partial charge in [-0.05, 0) is 55.8 Å². The van der Waals surface area contributed by atoms with Gasteiger partial charge >= 0.3 is 6.03 Å². The first-order valence-corrected chi connectivity index (χ1v) is 11.0. The van der Waals surface area contributed by atoms with Crippen LogP contribution in [0.15, 0.2) is 54.9 Å². The summed E-state index contributed by atoms with van der Waals surface area (Å²) in [5.74, 6) is 2.45. The van der Waals surface area contributed by atoms with Crippen LogP contribution in [0.4, 0.5) is 16.3 Å². The van der Waals surface area contributed by atoms with Crippen LogP contribution in [0.3, 0.4) is 0 Å². The summed E-state index contributed by atoms with van der Waals surface area (Å²) in [6.07, 6.45) is 1.47. The average molecular weight is 468 g/mol. The molecule has 1 N–H and O–H groups in total. The summed E-state index contributed by atoms with van der Waals surface area (Å²) in [4.78, 5) is 25.4. The van der Waals surface area contributed by atoms with Gasteiger partial charge in [0, 0.05) is 37.4 Å². The number of anilines is 2. The number of halogens is 1. The number of hydrogen-bond donors (Lipinski definition) is 1. The Morgan fingerprint density at radius 1 is 1.12 bits per heavy atom. The van der Waals surface area contributed by atoms with E-state index in [4.69, 9.17) is 21.1 Å². The Kier molecular flexibility index (Phi) is 6.84. The number of carbonyl (C=O) groups is 1. The van der Waals surface area contributed by atoms with Crippen molar-refractivity contribution in [2.45, 2.75) is 19.9 Å². The number of nitrogens with zero attached hydrogens (tertiary/aromatic N) is 4. The second-order valence-corrected chi connectivity index (χ2v) is 8.30. The van der Waals surface area contributed by atoms with E-state index in [-0.39, 0.29) is 12.1 Å². The van der Waals surface area contributed by atoms with E-state index in [9.17, 15) is 4.79 Å². The minimum atomic E-state index is -0.131. The Labute approximate surface area is 198 Å². The number of benzene rings is 2. The van der Waals surface area contributed by atoms with Gasteiger partial charge < -0.3 is 24.6 Å². The molecule has 172 valence electrons. The van der Waals surface area contributed by atoms with Crippen LogP contribution in [0, 0.1) is 6.92 Å². The van der Waals surface area contributed by atoms with E-state index >= 15 is 0 Å². The molecular weight excluding hydrogens is 442 g/mol. The molecule has 0 aliphatic carbocycles. The average Bonchev–Trinajstić information content (AvgIpc) is 2.82. The zero-order valence-corrected chi connectivity index (χ0v) is 19.5. The molecular formula is C24H26ClN5O3. The Morgan fingerprint density at radius 3 is 2.64 bits per heavy atom. The lowest BCUT2D eigenvalue weighted by molar-refractivity contribution is 0.184. The van der Waals surface area contributed by atoms with Gasteiger partial charge in [-0.3, -0.25) is 0 Å². The number of nitrogens with one attached hydrogen (secondary N) is 1. The lowest BCUT2D eigenvalue weighted by Crippen LogP contribution is -2.55. The lowest BCUT2D eigenvalue weighted by Gasteiger charge is -2.40. The molecule has 1 fully saturated rings. The van der Waals surface area contributed by atoms with E-state index in [1.807, 2.05) is 55.1 Å². The van der Waals surface area contributed by atoms with E-state index in [0.717, 1.165) is 22.8 Å². The number of aryl methyl sites for hydroxylation is 1. The Hall–Kier alpha value is -3.52. The van der Waals surface area contributed by atoms with Crippen molar-refractivity contribution in [3.63, 3.8) is 0 Å². The van der Waals surface area contributed by atoms with Crippen LogP contribution in [-0.4, -0.2) is 53.7 Å². The Bertz CT molecular complexity index is 1130. The normalized spacial score (nSPS) is 15.8. The number of hydrogen-bond acceptors (Lipinski definition) is 6. The summed E-state index contributed by atoms with van der Waals surface area (Å²) in [6, 6.07) is 14.5. The SMILES string of the molecule is COc1ccc(NC(=O)N2CCN(c3cc(Oc4cc(C)ccc4Cl)ncn3)CC2C)cc1. The van der Waals surface area contributed by atoms with Crippen molar-refractivity contribution in [3.8, 4) is 17.4 Å². The quantitative estimate of drug-likeness (QED) is 0.570. The van der Waals surface area contributed by atoms with E-state index in [1.165, 1.54) is 6.33 Å². The summed E-state index contributed by atoms with van der Waals surface area (Å²) >= 11 is 6.24. The highest BCUT2D eigenvalue weighted by molar-refractivity contribution is 6.32. The molecule has 1 saturated heterocycles. The number of rotatable bonds is 5. The van der Waals surface area contributed by atoms with E-state index < -0.39 is 0 Å². The fourth-order valence-electron chi connectivity index (χ4n) is 3.70. The van der Waals surface area contributed by atoms with Crippen LogP contribution >= 0.6 is 11.6 Å². The molecule has 1 atom stereocenters. The van der Waals surface area contributed by atoms with Crippen molar-refractivity contribution in [2.75, 3.05) is 37.0 Å². The van der Waals surface area contributed by atoms with Crippen LogP contribution in [0.2, 0.25) is 5.02 Å². The third-order valence-electron chi connectivity index (χ3n) is 5.48. The van der Waals surface area contributed by atoms with Crippen molar-refractivity contribution in [1.82, 2.24) is 14.9 Å². The highest BCUT2D eigenvalue weighted by Crippen LogP contribution is 2.30. The van der Waals surface area contributed by atoms with Gasteiger partial charge in [0.1, 0.15) is 23.6 Å². The molecule has 1 aliphatic rings. The molecule has 0 bridgehead atoms. The summed E-state index contributed by atoms with van der Waals surface area (Å²) in [5, 5.41) is 3.47. The Morgan fingerprint density at radius 2 is 1.91 bits per heavy atom. The summed E-state index contributed by atoms with van der Waals surface area (Å²) < 4.78 is 11.1. The molecule has 0 radical (unpaired) electrons. The van der Waals surface area contributed by atoms with Crippen molar-refractivity contribution in [1.29, 1.82) is 0 Å². The van der Waals surface area contributed by atoms with Gasteiger partial charge in [0.25, 0.3) is 0 Å². The number of urea groups is 1. The molecule has 3 aromatic rings. The largest absolute Gasteiger partial charge is 0.497 e. The van der Waals surface area contributed by atoms with Crippen molar-refractivity contribution >= 4 is 29.1 Å². The number of ether oxygens (including phenoxy) is 2. The first-order chi connectivity index (χ1) is 15.9. The maximum absolute atomic E-state index is 12.8. The first-order valence-electron chi connectivity index (χ1n) is 10.7. The molecule has 1 unspecified atom stereocenters. The van der Waals surface area contributed by atoms with Gasteiger partial charge in [-0.25, -0.2) is 14.8 Å². The highest BCUT2D eigenvalue weighted by atomic mass is 35.5. The van der Waals surface area contributed by atoms with Gasteiger partial charge in [0.05, 0.1) is 12.1 Å². The number of amides is 2. The highest BCUT2D eigenvalue weighted by Gasteiger charge is 2.28. The maximum Gasteiger partial charge on any atom is 0.322 e. The standard InChI is InChI=1S/C24H26ClN5O3/c1-16-4-9-20(25)21(12-16)33-23-13-22(26-15-27-23)29-10-11-30(17(2)14-29)24(31)28-18-5-7-19(32-3)8-6-18/h4-9,12-13,15,17H,10-11,14H2,1-3H3,(H,28,31). The van der Waals surface area contributed by atoms with Gasteiger partial charge in [-0.2, -0.15) is 0 Å².